The maximum absolute atomic E-state index is 10.8. The van der Waals surface area contributed by atoms with E-state index in [1.165, 1.54) is 0 Å². The highest BCUT2D eigenvalue weighted by Crippen LogP contribution is 2.14. The minimum atomic E-state index is -3.94. The molecule has 24 heavy (non-hydrogen) atoms. The number of nitrogens with zero attached hydrogens (tertiary/aromatic N) is 2. The molecule has 2 aromatic rings. The number of nitrogens with one attached hydrogen (secondary N) is 1. The molecule has 0 aliphatic heterocycles. The van der Waals surface area contributed by atoms with Crippen LogP contribution in [0, 0.1) is 0 Å². The molecule has 7 nitrogen and oxygen atoms in total. The van der Waals surface area contributed by atoms with E-state index < -0.39 is 10.1 Å². The Morgan fingerprint density at radius 3 is 2.67 bits per heavy atom. The zero-order valence-electron chi connectivity index (χ0n) is 13.3. The van der Waals surface area contributed by atoms with Gasteiger partial charge in [0.2, 0.25) is 5.69 Å². The summed E-state index contributed by atoms with van der Waals surface area (Å²) in [6.45, 7) is 0.463. The van der Waals surface area contributed by atoms with Gasteiger partial charge in [-0.15, -0.1) is 0 Å². The van der Waals surface area contributed by atoms with Crippen LogP contribution in [0.4, 0.5) is 5.69 Å². The molecule has 0 radical (unpaired) electrons. The fourth-order valence-corrected chi connectivity index (χ4v) is 2.56. The lowest BCUT2D eigenvalue weighted by molar-refractivity contribution is -0.697. The third-order valence-electron chi connectivity index (χ3n) is 3.26. The van der Waals surface area contributed by atoms with E-state index in [4.69, 9.17) is 9.29 Å². The van der Waals surface area contributed by atoms with Gasteiger partial charge in [-0.3, -0.25) is 9.98 Å². The first kappa shape index (κ1) is 17.9. The van der Waals surface area contributed by atoms with E-state index in [1.807, 2.05) is 53.2 Å². The Morgan fingerprint density at radius 1 is 1.25 bits per heavy atom. The summed E-state index contributed by atoms with van der Waals surface area (Å²) in [6, 6.07) is 12.9. The normalized spacial score (nSPS) is 11.6. The summed E-state index contributed by atoms with van der Waals surface area (Å²) in [5.41, 5.74) is 4.55. The molecular weight excluding hydrogens is 330 g/mol. The summed E-state index contributed by atoms with van der Waals surface area (Å²) >= 11 is 0. The van der Waals surface area contributed by atoms with Crippen LogP contribution in [0.2, 0.25) is 0 Å². The largest absolute Gasteiger partial charge is 0.497 e. The molecule has 2 rings (SSSR count). The van der Waals surface area contributed by atoms with Crippen molar-refractivity contribution >= 4 is 22.0 Å². The van der Waals surface area contributed by atoms with Gasteiger partial charge in [0.25, 0.3) is 10.1 Å². The molecule has 0 amide bonds. The average molecular weight is 350 g/mol. The number of hydrazone groups is 1. The molecule has 8 heteroatoms. The predicted molar refractivity (Wildman–Crippen MR) is 91.9 cm³/mol. The Balaban J connectivity index is 1.98. The van der Waals surface area contributed by atoms with Crippen molar-refractivity contribution in [2.75, 3.05) is 18.3 Å². The molecule has 0 aliphatic rings. The molecule has 128 valence electrons. The molecule has 2 N–H and O–H groups in total. The summed E-state index contributed by atoms with van der Waals surface area (Å²) < 4.78 is 37.3. The Kier molecular flexibility index (Phi) is 6.28. The van der Waals surface area contributed by atoms with Crippen LogP contribution in [-0.2, 0) is 16.7 Å². The van der Waals surface area contributed by atoms with Crippen LogP contribution in [0.1, 0.15) is 12.1 Å². The van der Waals surface area contributed by atoms with Gasteiger partial charge in [0.1, 0.15) is 18.5 Å². The number of pyridine rings is 1. The number of anilines is 1. The topological polar surface area (TPSA) is 91.9 Å². The van der Waals surface area contributed by atoms with Crippen LogP contribution < -0.4 is 14.7 Å². The van der Waals surface area contributed by atoms with Gasteiger partial charge in [-0.25, -0.2) is 0 Å². The molecule has 0 spiro atoms. The predicted octanol–water partition coefficient (Wildman–Crippen LogP) is 1.71. The molecule has 0 aliphatic carbocycles. The highest BCUT2D eigenvalue weighted by Gasteiger charge is 2.10. The van der Waals surface area contributed by atoms with Crippen LogP contribution in [0.15, 0.2) is 53.8 Å². The zero-order valence-corrected chi connectivity index (χ0v) is 14.1. The van der Waals surface area contributed by atoms with E-state index >= 15 is 0 Å². The Hall–Kier alpha value is -2.45. The second-order valence-electron chi connectivity index (χ2n) is 5.06. The summed E-state index contributed by atoms with van der Waals surface area (Å²) in [5.74, 6) is 0.500. The maximum atomic E-state index is 10.8. The smallest absolute Gasteiger partial charge is 0.265 e. The summed E-state index contributed by atoms with van der Waals surface area (Å²) in [5, 5.41) is 4.18. The minimum Gasteiger partial charge on any atom is -0.497 e. The van der Waals surface area contributed by atoms with Crippen molar-refractivity contribution in [2.24, 2.45) is 5.10 Å². The number of methoxy groups -OCH3 is 1. The van der Waals surface area contributed by atoms with Gasteiger partial charge in [0.15, 0.2) is 6.20 Å². The van der Waals surface area contributed by atoms with Crippen molar-refractivity contribution < 1.29 is 22.3 Å². The lowest BCUT2D eigenvalue weighted by Crippen LogP contribution is -2.38. The minimum absolute atomic E-state index is 0.268. The molecule has 0 unspecified atom stereocenters. The van der Waals surface area contributed by atoms with Crippen LogP contribution >= 0.6 is 0 Å². The van der Waals surface area contributed by atoms with E-state index in [1.54, 1.807) is 13.3 Å². The lowest BCUT2D eigenvalue weighted by Gasteiger charge is -2.02. The Morgan fingerprint density at radius 2 is 2.00 bits per heavy atom. The molecule has 1 aromatic carbocycles. The van der Waals surface area contributed by atoms with E-state index in [0.717, 1.165) is 17.1 Å². The number of aryl methyl sites for hydroxylation is 1. The van der Waals surface area contributed by atoms with Gasteiger partial charge < -0.3 is 4.74 Å². The highest BCUT2D eigenvalue weighted by molar-refractivity contribution is 7.85. The third-order valence-corrected chi connectivity index (χ3v) is 4.06. The van der Waals surface area contributed by atoms with Crippen molar-refractivity contribution in [3.05, 3.63) is 54.4 Å². The fraction of sp³-hybridized carbons (Fsp3) is 0.250. The second-order valence-corrected chi connectivity index (χ2v) is 6.63. The number of ether oxygens (including phenoxy) is 1. The highest BCUT2D eigenvalue weighted by atomic mass is 32.2. The van der Waals surface area contributed by atoms with E-state index in [-0.39, 0.29) is 5.75 Å². The Bertz CT molecular complexity index is 789. The SMILES string of the molecule is COc1ccc(NN=Cc2cccc[n+]2CCCS(=O)(=O)O)cc1. The van der Waals surface area contributed by atoms with Crippen LogP contribution in [0.5, 0.6) is 5.75 Å². The van der Waals surface area contributed by atoms with E-state index in [0.29, 0.717) is 13.0 Å². The van der Waals surface area contributed by atoms with Crippen molar-refractivity contribution in [2.45, 2.75) is 13.0 Å². The number of hydrogen-bond acceptors (Lipinski definition) is 5. The van der Waals surface area contributed by atoms with Gasteiger partial charge in [0, 0.05) is 18.6 Å². The third kappa shape index (κ3) is 5.98. The van der Waals surface area contributed by atoms with Crippen LogP contribution in [0.25, 0.3) is 0 Å². The molecule has 0 saturated heterocycles. The van der Waals surface area contributed by atoms with Crippen molar-refractivity contribution in [3.8, 4) is 5.75 Å². The quantitative estimate of drug-likeness (QED) is 0.327. The first-order valence-corrected chi connectivity index (χ1v) is 8.95. The summed E-state index contributed by atoms with van der Waals surface area (Å²) in [4.78, 5) is 0. The molecule has 0 fully saturated rings. The first-order chi connectivity index (χ1) is 11.5. The molecular formula is C16H20N3O4S+. The zero-order chi connectivity index (χ0) is 17.4. The number of hydrogen-bond donors (Lipinski definition) is 2. The Labute approximate surface area is 141 Å². The van der Waals surface area contributed by atoms with Crippen LogP contribution in [0.3, 0.4) is 0 Å². The van der Waals surface area contributed by atoms with Gasteiger partial charge in [-0.05, 0) is 30.3 Å². The molecule has 0 saturated carbocycles. The molecule has 1 heterocycles. The average Bonchev–Trinajstić information content (AvgIpc) is 2.56. The molecule has 0 atom stereocenters. The van der Waals surface area contributed by atoms with Gasteiger partial charge in [-0.1, -0.05) is 0 Å². The maximum Gasteiger partial charge on any atom is 0.265 e. The number of rotatable bonds is 8. The molecule has 1 aromatic heterocycles. The number of benzene rings is 1. The van der Waals surface area contributed by atoms with E-state index in [2.05, 4.69) is 10.5 Å². The van der Waals surface area contributed by atoms with Gasteiger partial charge in [-0.2, -0.15) is 18.1 Å². The van der Waals surface area contributed by atoms with Crippen molar-refractivity contribution in [3.63, 3.8) is 0 Å². The van der Waals surface area contributed by atoms with Gasteiger partial charge in [0.05, 0.1) is 18.6 Å². The molecule has 0 bridgehead atoms. The monoisotopic (exact) mass is 350 g/mol. The second kappa shape index (κ2) is 8.42. The van der Waals surface area contributed by atoms with Gasteiger partial charge >= 0.3 is 0 Å². The van der Waals surface area contributed by atoms with Crippen LogP contribution in [-0.4, -0.2) is 32.0 Å². The summed E-state index contributed by atoms with van der Waals surface area (Å²) in [7, 11) is -2.33. The fourth-order valence-electron chi connectivity index (χ4n) is 2.07. The van der Waals surface area contributed by atoms with Crippen molar-refractivity contribution in [1.29, 1.82) is 0 Å². The van der Waals surface area contributed by atoms with Crippen molar-refractivity contribution in [1.82, 2.24) is 0 Å². The number of aromatic nitrogens is 1. The van der Waals surface area contributed by atoms with E-state index in [9.17, 15) is 8.42 Å². The first-order valence-electron chi connectivity index (χ1n) is 7.35. The lowest BCUT2D eigenvalue weighted by atomic mass is 10.3. The standard InChI is InChI=1S/C16H19N3O4S/c1-23-16-8-6-14(7-9-16)18-17-13-15-5-2-3-10-19(15)11-4-12-24(20,21)22/h2-3,5-10,13H,4,11-12H2,1H3,(H,20,21,22)/p+1. The summed E-state index contributed by atoms with van der Waals surface area (Å²) in [6.07, 6.45) is 3.80.